The molecule has 0 aliphatic heterocycles. The smallest absolute Gasteiger partial charge is 0.129 e. The van der Waals surface area contributed by atoms with Gasteiger partial charge in [-0.15, -0.1) is 0 Å². The van der Waals surface area contributed by atoms with Crippen molar-refractivity contribution in [2.45, 2.75) is 18.9 Å². The van der Waals surface area contributed by atoms with Crippen molar-refractivity contribution in [3.63, 3.8) is 0 Å². The Bertz CT molecular complexity index is 405. The van der Waals surface area contributed by atoms with E-state index >= 15 is 0 Å². The standard InChI is InChI=1S/C10H11F2N3O/c11-7-3-4-9(12)8(6-7)10(16)2-1-5-14-15-13/h3-4,6,10,16H,1-2,5H2. The van der Waals surface area contributed by atoms with E-state index in [0.717, 1.165) is 18.2 Å². The largest absolute Gasteiger partial charge is 0.388 e. The molecule has 1 aromatic carbocycles. The number of aliphatic hydroxyl groups excluding tert-OH is 1. The molecule has 4 nitrogen and oxygen atoms in total. The number of benzene rings is 1. The molecule has 1 N–H and O–H groups in total. The maximum Gasteiger partial charge on any atom is 0.129 e. The maximum atomic E-state index is 13.2. The summed E-state index contributed by atoms with van der Waals surface area (Å²) in [4.78, 5) is 2.55. The molecule has 1 aromatic rings. The van der Waals surface area contributed by atoms with E-state index in [4.69, 9.17) is 5.53 Å². The second kappa shape index (κ2) is 6.05. The van der Waals surface area contributed by atoms with Crippen LogP contribution < -0.4 is 0 Å². The van der Waals surface area contributed by atoms with Gasteiger partial charge in [0.1, 0.15) is 11.6 Å². The fraction of sp³-hybridized carbons (Fsp3) is 0.400. The Morgan fingerprint density at radius 2 is 2.19 bits per heavy atom. The number of halogens is 2. The van der Waals surface area contributed by atoms with E-state index < -0.39 is 17.7 Å². The van der Waals surface area contributed by atoms with Crippen LogP contribution in [0.15, 0.2) is 23.3 Å². The zero-order valence-electron chi connectivity index (χ0n) is 8.48. The van der Waals surface area contributed by atoms with Crippen LogP contribution in [0.3, 0.4) is 0 Å². The first-order valence-corrected chi connectivity index (χ1v) is 4.79. The van der Waals surface area contributed by atoms with E-state index in [1.54, 1.807) is 0 Å². The highest BCUT2D eigenvalue weighted by atomic mass is 19.1. The van der Waals surface area contributed by atoms with Crippen molar-refractivity contribution in [2.75, 3.05) is 6.54 Å². The molecule has 0 amide bonds. The van der Waals surface area contributed by atoms with Crippen molar-refractivity contribution < 1.29 is 13.9 Å². The van der Waals surface area contributed by atoms with Gasteiger partial charge in [-0.3, -0.25) is 0 Å². The van der Waals surface area contributed by atoms with E-state index in [-0.39, 0.29) is 18.5 Å². The summed E-state index contributed by atoms with van der Waals surface area (Å²) in [5.41, 5.74) is 7.95. The van der Waals surface area contributed by atoms with Crippen LogP contribution in [-0.2, 0) is 0 Å². The Morgan fingerprint density at radius 1 is 1.44 bits per heavy atom. The van der Waals surface area contributed by atoms with E-state index in [1.165, 1.54) is 0 Å². The number of nitrogens with zero attached hydrogens (tertiary/aromatic N) is 3. The molecule has 1 atom stereocenters. The number of aliphatic hydroxyl groups is 1. The van der Waals surface area contributed by atoms with E-state index in [0.29, 0.717) is 6.42 Å². The lowest BCUT2D eigenvalue weighted by molar-refractivity contribution is 0.160. The Kier molecular flexibility index (Phi) is 4.69. The van der Waals surface area contributed by atoms with Crippen LogP contribution in [0.4, 0.5) is 8.78 Å². The van der Waals surface area contributed by atoms with Gasteiger partial charge in [-0.2, -0.15) is 0 Å². The van der Waals surface area contributed by atoms with Gasteiger partial charge >= 0.3 is 0 Å². The summed E-state index contributed by atoms with van der Waals surface area (Å²) in [6, 6.07) is 2.93. The number of azide groups is 1. The average molecular weight is 227 g/mol. The molecule has 1 unspecified atom stereocenters. The van der Waals surface area contributed by atoms with Gasteiger partial charge in [0.15, 0.2) is 0 Å². The van der Waals surface area contributed by atoms with Gasteiger partial charge < -0.3 is 5.11 Å². The third-order valence-electron chi connectivity index (χ3n) is 2.12. The molecule has 0 saturated carbocycles. The first-order valence-electron chi connectivity index (χ1n) is 4.79. The molecule has 0 heterocycles. The molecule has 1 rings (SSSR count). The Balaban J connectivity index is 2.61. The second-order valence-corrected chi connectivity index (χ2v) is 3.28. The molecule has 0 aliphatic rings. The lowest BCUT2D eigenvalue weighted by atomic mass is 10.0. The van der Waals surface area contributed by atoms with Crippen molar-refractivity contribution in [3.8, 4) is 0 Å². The minimum Gasteiger partial charge on any atom is -0.388 e. The fourth-order valence-corrected chi connectivity index (χ4v) is 1.33. The zero-order chi connectivity index (χ0) is 12.0. The van der Waals surface area contributed by atoms with Crippen LogP contribution in [0.1, 0.15) is 24.5 Å². The summed E-state index contributed by atoms with van der Waals surface area (Å²) < 4.78 is 26.0. The molecular weight excluding hydrogens is 216 g/mol. The summed E-state index contributed by atoms with van der Waals surface area (Å²) in [6.07, 6.45) is -0.440. The lowest BCUT2D eigenvalue weighted by Crippen LogP contribution is -2.02. The summed E-state index contributed by atoms with van der Waals surface area (Å²) in [7, 11) is 0. The summed E-state index contributed by atoms with van der Waals surface area (Å²) in [5, 5.41) is 12.9. The number of hydrogen-bond donors (Lipinski definition) is 1. The molecule has 0 spiro atoms. The molecule has 0 aliphatic carbocycles. The lowest BCUT2D eigenvalue weighted by Gasteiger charge is -2.10. The van der Waals surface area contributed by atoms with Crippen LogP contribution in [0.25, 0.3) is 10.4 Å². The van der Waals surface area contributed by atoms with Crippen molar-refractivity contribution in [1.82, 2.24) is 0 Å². The summed E-state index contributed by atoms with van der Waals surface area (Å²) >= 11 is 0. The molecule has 0 saturated heterocycles. The highest BCUT2D eigenvalue weighted by Crippen LogP contribution is 2.22. The highest BCUT2D eigenvalue weighted by Gasteiger charge is 2.13. The third kappa shape index (κ3) is 3.49. The van der Waals surface area contributed by atoms with Crippen molar-refractivity contribution >= 4 is 0 Å². The van der Waals surface area contributed by atoms with Gasteiger partial charge in [0.05, 0.1) is 6.10 Å². The predicted molar refractivity (Wildman–Crippen MR) is 54.6 cm³/mol. The SMILES string of the molecule is [N-]=[N+]=NCCCC(O)c1cc(F)ccc1F. The van der Waals surface area contributed by atoms with Crippen molar-refractivity contribution in [3.05, 3.63) is 45.8 Å². The topological polar surface area (TPSA) is 69.0 Å². The second-order valence-electron chi connectivity index (χ2n) is 3.28. The van der Waals surface area contributed by atoms with Crippen LogP contribution in [0, 0.1) is 11.6 Å². The Morgan fingerprint density at radius 3 is 2.88 bits per heavy atom. The first kappa shape index (κ1) is 12.4. The molecular formula is C10H11F2N3O. The molecule has 0 fully saturated rings. The minimum absolute atomic E-state index is 0.0686. The van der Waals surface area contributed by atoms with E-state index in [2.05, 4.69) is 10.0 Å². The Hall–Kier alpha value is -1.65. The average Bonchev–Trinajstić information content (AvgIpc) is 2.27. The predicted octanol–water partition coefficient (Wildman–Crippen LogP) is 3.09. The molecule has 0 aromatic heterocycles. The van der Waals surface area contributed by atoms with Crippen molar-refractivity contribution in [1.29, 1.82) is 0 Å². The first-order chi connectivity index (χ1) is 7.65. The molecule has 16 heavy (non-hydrogen) atoms. The van der Waals surface area contributed by atoms with Gasteiger partial charge in [-0.25, -0.2) is 8.78 Å². The van der Waals surface area contributed by atoms with Crippen LogP contribution in [0.2, 0.25) is 0 Å². The van der Waals surface area contributed by atoms with Crippen LogP contribution >= 0.6 is 0 Å². The molecule has 86 valence electrons. The number of hydrogen-bond acceptors (Lipinski definition) is 2. The number of rotatable bonds is 5. The molecule has 0 bridgehead atoms. The highest BCUT2D eigenvalue weighted by molar-refractivity contribution is 5.20. The van der Waals surface area contributed by atoms with E-state index in [1.807, 2.05) is 0 Å². The summed E-state index contributed by atoms with van der Waals surface area (Å²) in [5.74, 6) is -1.23. The van der Waals surface area contributed by atoms with Crippen LogP contribution in [-0.4, -0.2) is 11.7 Å². The zero-order valence-corrected chi connectivity index (χ0v) is 8.48. The van der Waals surface area contributed by atoms with Gasteiger partial charge in [0, 0.05) is 17.0 Å². The van der Waals surface area contributed by atoms with Crippen LogP contribution in [0.5, 0.6) is 0 Å². The maximum absolute atomic E-state index is 13.2. The minimum atomic E-state index is -1.08. The normalized spacial score (nSPS) is 11.9. The van der Waals surface area contributed by atoms with E-state index in [9.17, 15) is 13.9 Å². The quantitative estimate of drug-likeness (QED) is 0.357. The summed E-state index contributed by atoms with van der Waals surface area (Å²) in [6.45, 7) is 0.227. The fourth-order valence-electron chi connectivity index (χ4n) is 1.33. The molecule has 6 heteroatoms. The van der Waals surface area contributed by atoms with Gasteiger partial charge in [-0.05, 0) is 36.6 Å². The Labute approximate surface area is 91.2 Å². The van der Waals surface area contributed by atoms with Gasteiger partial charge in [0.2, 0.25) is 0 Å². The monoisotopic (exact) mass is 227 g/mol. The third-order valence-corrected chi connectivity index (χ3v) is 2.12. The molecule has 0 radical (unpaired) electrons. The van der Waals surface area contributed by atoms with Crippen molar-refractivity contribution in [2.24, 2.45) is 5.11 Å². The van der Waals surface area contributed by atoms with Gasteiger partial charge in [0.25, 0.3) is 0 Å². The van der Waals surface area contributed by atoms with Gasteiger partial charge in [-0.1, -0.05) is 5.11 Å².